The number of hydrogen-bond acceptors (Lipinski definition) is 3. The van der Waals surface area contributed by atoms with Gasteiger partial charge in [0.25, 0.3) is 5.91 Å². The number of phenols is 1. The lowest BCUT2D eigenvalue weighted by atomic mass is 10.1. The Balaban J connectivity index is 2.21. The van der Waals surface area contributed by atoms with E-state index in [1.807, 2.05) is 13.0 Å². The monoisotopic (exact) mass is 335 g/mol. The number of carbonyl (C=O) groups is 1. The number of rotatable bonds is 3. The summed E-state index contributed by atoms with van der Waals surface area (Å²) in [5.41, 5.74) is 1.78. The molecule has 2 rings (SSSR count). The zero-order valence-electron chi connectivity index (χ0n) is 11.1. The number of hydrogen-bond donors (Lipinski definition) is 2. The highest BCUT2D eigenvalue weighted by atomic mass is 79.9. The van der Waals surface area contributed by atoms with Crippen LogP contribution in [0.2, 0.25) is 0 Å². The number of methoxy groups -OCH3 is 1. The number of benzene rings is 2. The van der Waals surface area contributed by atoms with Crippen LogP contribution in [0.1, 0.15) is 15.9 Å². The Morgan fingerprint density at radius 3 is 2.60 bits per heavy atom. The van der Waals surface area contributed by atoms with Crippen molar-refractivity contribution in [2.75, 3.05) is 12.4 Å². The molecule has 0 atom stereocenters. The van der Waals surface area contributed by atoms with Gasteiger partial charge in [-0.1, -0.05) is 6.07 Å². The molecule has 0 unspecified atom stereocenters. The van der Waals surface area contributed by atoms with Crippen molar-refractivity contribution in [3.8, 4) is 11.5 Å². The van der Waals surface area contributed by atoms with Gasteiger partial charge < -0.3 is 15.2 Å². The van der Waals surface area contributed by atoms with Crippen LogP contribution in [0, 0.1) is 6.92 Å². The molecule has 4 nitrogen and oxygen atoms in total. The lowest BCUT2D eigenvalue weighted by Gasteiger charge is -2.09. The number of carbonyl (C=O) groups excluding carboxylic acids is 1. The van der Waals surface area contributed by atoms with Crippen LogP contribution in [0.15, 0.2) is 40.9 Å². The second-order valence-electron chi connectivity index (χ2n) is 4.32. The van der Waals surface area contributed by atoms with Crippen molar-refractivity contribution in [1.29, 1.82) is 0 Å². The Bertz CT molecular complexity index is 656. The molecule has 0 saturated carbocycles. The summed E-state index contributed by atoms with van der Waals surface area (Å²) in [6.45, 7) is 1.87. The quantitative estimate of drug-likeness (QED) is 0.840. The summed E-state index contributed by atoms with van der Waals surface area (Å²) in [6, 6.07) is 10.1. The van der Waals surface area contributed by atoms with Crippen molar-refractivity contribution in [2.45, 2.75) is 6.92 Å². The smallest absolute Gasteiger partial charge is 0.255 e. The first-order chi connectivity index (χ1) is 9.51. The van der Waals surface area contributed by atoms with Crippen LogP contribution in [0.5, 0.6) is 11.5 Å². The first-order valence-electron chi connectivity index (χ1n) is 5.96. The highest BCUT2D eigenvalue weighted by Crippen LogP contribution is 2.27. The predicted molar refractivity (Wildman–Crippen MR) is 81.5 cm³/mol. The molecule has 0 spiro atoms. The maximum Gasteiger partial charge on any atom is 0.255 e. The van der Waals surface area contributed by atoms with Gasteiger partial charge in [0.15, 0.2) is 0 Å². The van der Waals surface area contributed by atoms with Gasteiger partial charge in [0.05, 0.1) is 17.3 Å². The topological polar surface area (TPSA) is 58.6 Å². The zero-order valence-corrected chi connectivity index (χ0v) is 12.7. The van der Waals surface area contributed by atoms with Gasteiger partial charge >= 0.3 is 0 Å². The lowest BCUT2D eigenvalue weighted by Crippen LogP contribution is -2.12. The number of phenolic OH excluding ortho intramolecular Hbond substituents is 1. The number of amides is 1. The minimum atomic E-state index is -0.299. The summed E-state index contributed by atoms with van der Waals surface area (Å²) in [5, 5.41) is 12.4. The average molecular weight is 336 g/mol. The van der Waals surface area contributed by atoms with Crippen LogP contribution in [0.3, 0.4) is 0 Å². The highest BCUT2D eigenvalue weighted by Gasteiger charge is 2.11. The Labute approximate surface area is 125 Å². The molecular weight excluding hydrogens is 322 g/mol. The molecule has 0 radical (unpaired) electrons. The third-order valence-electron chi connectivity index (χ3n) is 2.82. The molecule has 0 bridgehead atoms. The van der Waals surface area contributed by atoms with Gasteiger partial charge in [0.1, 0.15) is 11.5 Å². The van der Waals surface area contributed by atoms with E-state index in [4.69, 9.17) is 4.74 Å². The predicted octanol–water partition coefficient (Wildman–Crippen LogP) is 3.72. The van der Waals surface area contributed by atoms with Gasteiger partial charge in [0.2, 0.25) is 0 Å². The molecule has 2 N–H and O–H groups in total. The molecule has 20 heavy (non-hydrogen) atoms. The first-order valence-corrected chi connectivity index (χ1v) is 6.75. The lowest BCUT2D eigenvalue weighted by molar-refractivity contribution is 0.102. The molecule has 0 aliphatic carbocycles. The van der Waals surface area contributed by atoms with E-state index in [0.29, 0.717) is 21.5 Å². The fraction of sp³-hybridized carbons (Fsp3) is 0.133. The Kier molecular flexibility index (Phi) is 4.29. The minimum absolute atomic E-state index is 0.0472. The minimum Gasteiger partial charge on any atom is -0.506 e. The summed E-state index contributed by atoms with van der Waals surface area (Å²) >= 11 is 3.33. The SMILES string of the molecule is COc1ccc(C(=O)Nc2ccc(C)cc2O)cc1Br. The van der Waals surface area contributed by atoms with Crippen LogP contribution in [-0.4, -0.2) is 18.1 Å². The molecule has 0 heterocycles. The van der Waals surface area contributed by atoms with Crippen molar-refractivity contribution < 1.29 is 14.6 Å². The van der Waals surface area contributed by atoms with Crippen LogP contribution in [0.4, 0.5) is 5.69 Å². The van der Waals surface area contributed by atoms with Gasteiger partial charge in [-0.05, 0) is 58.7 Å². The number of ether oxygens (including phenoxy) is 1. The van der Waals surface area contributed by atoms with E-state index in [2.05, 4.69) is 21.2 Å². The van der Waals surface area contributed by atoms with Crippen molar-refractivity contribution in [3.63, 3.8) is 0 Å². The van der Waals surface area contributed by atoms with Crippen molar-refractivity contribution in [3.05, 3.63) is 52.0 Å². The van der Waals surface area contributed by atoms with E-state index < -0.39 is 0 Å². The zero-order chi connectivity index (χ0) is 14.7. The highest BCUT2D eigenvalue weighted by molar-refractivity contribution is 9.10. The molecule has 1 amide bonds. The van der Waals surface area contributed by atoms with Crippen molar-refractivity contribution >= 4 is 27.5 Å². The van der Waals surface area contributed by atoms with Gasteiger partial charge in [-0.15, -0.1) is 0 Å². The van der Waals surface area contributed by atoms with E-state index in [0.717, 1.165) is 5.56 Å². The number of halogens is 1. The molecule has 0 aliphatic heterocycles. The summed E-state index contributed by atoms with van der Waals surface area (Å²) in [4.78, 5) is 12.1. The van der Waals surface area contributed by atoms with E-state index in [1.54, 1.807) is 37.4 Å². The van der Waals surface area contributed by atoms with Crippen LogP contribution in [-0.2, 0) is 0 Å². The molecular formula is C15H14BrNO3. The fourth-order valence-electron chi connectivity index (χ4n) is 1.75. The second kappa shape index (κ2) is 5.96. The summed E-state index contributed by atoms with van der Waals surface area (Å²) in [7, 11) is 1.56. The first kappa shape index (κ1) is 14.4. The van der Waals surface area contributed by atoms with Gasteiger partial charge in [-0.3, -0.25) is 4.79 Å². The summed E-state index contributed by atoms with van der Waals surface area (Å²) in [6.07, 6.45) is 0. The van der Waals surface area contributed by atoms with E-state index in [-0.39, 0.29) is 11.7 Å². The molecule has 0 fully saturated rings. The van der Waals surface area contributed by atoms with Crippen LogP contribution >= 0.6 is 15.9 Å². The Morgan fingerprint density at radius 2 is 2.00 bits per heavy atom. The molecule has 104 valence electrons. The molecule has 2 aromatic rings. The van der Waals surface area contributed by atoms with E-state index >= 15 is 0 Å². The van der Waals surface area contributed by atoms with Crippen molar-refractivity contribution in [2.24, 2.45) is 0 Å². The number of aryl methyl sites for hydroxylation is 1. The largest absolute Gasteiger partial charge is 0.506 e. The number of anilines is 1. The maximum absolute atomic E-state index is 12.1. The second-order valence-corrected chi connectivity index (χ2v) is 5.18. The van der Waals surface area contributed by atoms with E-state index in [9.17, 15) is 9.90 Å². The fourth-order valence-corrected chi connectivity index (χ4v) is 2.29. The van der Waals surface area contributed by atoms with E-state index in [1.165, 1.54) is 0 Å². The Hall–Kier alpha value is -2.01. The average Bonchev–Trinajstić information content (AvgIpc) is 2.41. The van der Waals surface area contributed by atoms with Crippen LogP contribution in [0.25, 0.3) is 0 Å². The van der Waals surface area contributed by atoms with Crippen LogP contribution < -0.4 is 10.1 Å². The van der Waals surface area contributed by atoms with Crippen molar-refractivity contribution in [1.82, 2.24) is 0 Å². The normalized spacial score (nSPS) is 10.2. The maximum atomic E-state index is 12.1. The standard InChI is InChI=1S/C15H14BrNO3/c1-9-3-5-12(13(18)7-9)17-15(19)10-4-6-14(20-2)11(16)8-10/h3-8,18H,1-2H3,(H,17,19). The van der Waals surface area contributed by atoms with Gasteiger partial charge in [-0.25, -0.2) is 0 Å². The molecule has 0 saturated heterocycles. The van der Waals surface area contributed by atoms with Gasteiger partial charge in [0, 0.05) is 5.56 Å². The third kappa shape index (κ3) is 3.11. The third-order valence-corrected chi connectivity index (χ3v) is 3.44. The molecule has 5 heteroatoms. The summed E-state index contributed by atoms with van der Waals surface area (Å²) < 4.78 is 5.81. The molecule has 2 aromatic carbocycles. The van der Waals surface area contributed by atoms with Gasteiger partial charge in [-0.2, -0.15) is 0 Å². The molecule has 0 aromatic heterocycles. The molecule has 0 aliphatic rings. The Morgan fingerprint density at radius 1 is 1.25 bits per heavy atom. The number of nitrogens with one attached hydrogen (secondary N) is 1. The summed E-state index contributed by atoms with van der Waals surface area (Å²) in [5.74, 6) is 0.401. The number of aromatic hydroxyl groups is 1.